The first-order valence-electron chi connectivity index (χ1n) is 10.7. The number of rotatable bonds is 9. The largest absolute Gasteiger partial charge is 0.484 e. The lowest BCUT2D eigenvalue weighted by molar-refractivity contribution is -0.123. The standard InChI is InChI=1S/C26H27N3O2/c1-20(27-25(30)19-31-22-14-6-3-7-15-22)26-28-23-16-8-9-17-24(23)29(26)18-10-13-21-11-4-2-5-12-21/h2-9,11-12,14-17,20H,10,13,18-19H2,1H3,(H,27,30). The van der Waals surface area contributed by atoms with E-state index in [0.717, 1.165) is 36.2 Å². The maximum absolute atomic E-state index is 12.5. The summed E-state index contributed by atoms with van der Waals surface area (Å²) < 4.78 is 7.79. The molecule has 1 atom stereocenters. The van der Waals surface area contributed by atoms with Crippen molar-refractivity contribution in [3.05, 3.63) is 96.3 Å². The maximum atomic E-state index is 12.5. The van der Waals surface area contributed by atoms with E-state index in [1.54, 1.807) is 0 Å². The summed E-state index contributed by atoms with van der Waals surface area (Å²) in [6.45, 7) is 2.78. The van der Waals surface area contributed by atoms with Gasteiger partial charge in [-0.15, -0.1) is 0 Å². The summed E-state index contributed by atoms with van der Waals surface area (Å²) in [7, 11) is 0. The van der Waals surface area contributed by atoms with Gasteiger partial charge in [-0.1, -0.05) is 60.7 Å². The summed E-state index contributed by atoms with van der Waals surface area (Å²) in [5.41, 5.74) is 3.36. The Kier molecular flexibility index (Phi) is 6.62. The molecule has 0 saturated heterocycles. The lowest BCUT2D eigenvalue weighted by atomic mass is 10.1. The second-order valence-corrected chi connectivity index (χ2v) is 7.59. The van der Waals surface area contributed by atoms with Gasteiger partial charge in [0.2, 0.25) is 0 Å². The van der Waals surface area contributed by atoms with Gasteiger partial charge in [-0.3, -0.25) is 4.79 Å². The zero-order chi connectivity index (χ0) is 21.5. The highest BCUT2D eigenvalue weighted by Crippen LogP contribution is 2.22. The van der Waals surface area contributed by atoms with E-state index >= 15 is 0 Å². The molecular weight excluding hydrogens is 386 g/mol. The summed E-state index contributed by atoms with van der Waals surface area (Å²) >= 11 is 0. The summed E-state index contributed by atoms with van der Waals surface area (Å²) in [6, 6.07) is 27.7. The van der Waals surface area contributed by atoms with Crippen molar-refractivity contribution in [2.75, 3.05) is 6.61 Å². The Hall–Kier alpha value is -3.60. The predicted molar refractivity (Wildman–Crippen MR) is 123 cm³/mol. The van der Waals surface area contributed by atoms with Gasteiger partial charge >= 0.3 is 0 Å². The maximum Gasteiger partial charge on any atom is 0.258 e. The number of nitrogens with one attached hydrogen (secondary N) is 1. The molecule has 1 aromatic heterocycles. The van der Waals surface area contributed by atoms with Gasteiger partial charge in [-0.05, 0) is 49.6 Å². The molecule has 0 aliphatic rings. The molecule has 0 fully saturated rings. The molecule has 158 valence electrons. The minimum atomic E-state index is -0.226. The monoisotopic (exact) mass is 413 g/mol. The Morgan fingerprint density at radius 2 is 1.65 bits per heavy atom. The molecular formula is C26H27N3O2. The van der Waals surface area contributed by atoms with Crippen LogP contribution >= 0.6 is 0 Å². The molecule has 4 aromatic rings. The van der Waals surface area contributed by atoms with Gasteiger partial charge in [0.05, 0.1) is 17.1 Å². The molecule has 0 aliphatic heterocycles. The van der Waals surface area contributed by atoms with Crippen molar-refractivity contribution in [3.8, 4) is 5.75 Å². The third-order valence-corrected chi connectivity index (χ3v) is 5.25. The smallest absolute Gasteiger partial charge is 0.258 e. The van der Waals surface area contributed by atoms with Crippen molar-refractivity contribution < 1.29 is 9.53 Å². The van der Waals surface area contributed by atoms with E-state index < -0.39 is 0 Å². The molecule has 0 aliphatic carbocycles. The molecule has 3 aromatic carbocycles. The summed E-state index contributed by atoms with van der Waals surface area (Å²) in [5, 5.41) is 3.03. The first kappa shape index (κ1) is 20.7. The molecule has 0 saturated carbocycles. The van der Waals surface area contributed by atoms with E-state index in [9.17, 15) is 4.79 Å². The van der Waals surface area contributed by atoms with Crippen molar-refractivity contribution in [1.29, 1.82) is 0 Å². The van der Waals surface area contributed by atoms with E-state index in [-0.39, 0.29) is 18.6 Å². The Labute approximate surface area is 182 Å². The van der Waals surface area contributed by atoms with Crippen LogP contribution in [0.3, 0.4) is 0 Å². The molecule has 5 heteroatoms. The molecule has 5 nitrogen and oxygen atoms in total. The van der Waals surface area contributed by atoms with E-state index in [0.29, 0.717) is 5.75 Å². The van der Waals surface area contributed by atoms with Gasteiger partial charge in [0.1, 0.15) is 11.6 Å². The Balaban J connectivity index is 1.44. The number of amides is 1. The molecule has 1 heterocycles. The average molecular weight is 414 g/mol. The van der Waals surface area contributed by atoms with Crippen LogP contribution in [-0.2, 0) is 17.8 Å². The quantitative estimate of drug-likeness (QED) is 0.423. The molecule has 1 amide bonds. The van der Waals surface area contributed by atoms with Crippen molar-refractivity contribution in [1.82, 2.24) is 14.9 Å². The number of aromatic nitrogens is 2. The van der Waals surface area contributed by atoms with Crippen LogP contribution < -0.4 is 10.1 Å². The molecule has 31 heavy (non-hydrogen) atoms. The van der Waals surface area contributed by atoms with Gasteiger partial charge in [-0.25, -0.2) is 4.98 Å². The first-order valence-corrected chi connectivity index (χ1v) is 10.7. The second-order valence-electron chi connectivity index (χ2n) is 7.59. The highest BCUT2D eigenvalue weighted by molar-refractivity contribution is 5.79. The van der Waals surface area contributed by atoms with E-state index in [4.69, 9.17) is 9.72 Å². The predicted octanol–water partition coefficient (Wildman–Crippen LogP) is 4.93. The number of carbonyl (C=O) groups is 1. The van der Waals surface area contributed by atoms with E-state index in [1.807, 2.05) is 61.5 Å². The first-order chi connectivity index (χ1) is 15.2. The third kappa shape index (κ3) is 5.31. The SMILES string of the molecule is CC(NC(=O)COc1ccccc1)c1nc2ccccc2n1CCCc1ccccc1. The van der Waals surface area contributed by atoms with Crippen LogP contribution in [-0.4, -0.2) is 22.1 Å². The van der Waals surface area contributed by atoms with Crippen LogP contribution in [0.2, 0.25) is 0 Å². The van der Waals surface area contributed by atoms with Gasteiger partial charge in [0.15, 0.2) is 6.61 Å². The average Bonchev–Trinajstić information content (AvgIpc) is 3.18. The second kappa shape index (κ2) is 9.94. The zero-order valence-electron chi connectivity index (χ0n) is 17.7. The van der Waals surface area contributed by atoms with Crippen molar-refractivity contribution in [2.24, 2.45) is 0 Å². The fraction of sp³-hybridized carbons (Fsp3) is 0.231. The lowest BCUT2D eigenvalue weighted by Gasteiger charge is -2.17. The molecule has 4 rings (SSSR count). The van der Waals surface area contributed by atoms with Crippen LogP contribution in [0.5, 0.6) is 5.75 Å². The normalized spacial score (nSPS) is 11.9. The molecule has 1 unspecified atom stereocenters. The fourth-order valence-corrected chi connectivity index (χ4v) is 3.76. The summed E-state index contributed by atoms with van der Waals surface area (Å²) in [5.74, 6) is 1.38. The van der Waals surface area contributed by atoms with Crippen LogP contribution in [0.4, 0.5) is 0 Å². The lowest BCUT2D eigenvalue weighted by Crippen LogP contribution is -2.32. The van der Waals surface area contributed by atoms with Crippen LogP contribution in [0.15, 0.2) is 84.9 Å². The number of nitrogens with zero attached hydrogens (tertiary/aromatic N) is 2. The van der Waals surface area contributed by atoms with Crippen LogP contribution in [0.25, 0.3) is 11.0 Å². The summed E-state index contributed by atoms with van der Waals surface area (Å²) in [6.07, 6.45) is 1.99. The number of ether oxygens (including phenoxy) is 1. The van der Waals surface area contributed by atoms with Gasteiger partial charge < -0.3 is 14.6 Å². The number of fused-ring (bicyclic) bond motifs is 1. The van der Waals surface area contributed by atoms with Gasteiger partial charge in [0.25, 0.3) is 5.91 Å². The number of para-hydroxylation sites is 3. The van der Waals surface area contributed by atoms with Crippen molar-refractivity contribution in [2.45, 2.75) is 32.4 Å². The molecule has 1 N–H and O–H groups in total. The number of benzene rings is 3. The van der Waals surface area contributed by atoms with Crippen LogP contribution in [0.1, 0.15) is 30.8 Å². The van der Waals surface area contributed by atoms with Gasteiger partial charge in [-0.2, -0.15) is 0 Å². The Morgan fingerprint density at radius 3 is 2.42 bits per heavy atom. The summed E-state index contributed by atoms with van der Waals surface area (Å²) in [4.78, 5) is 17.3. The minimum absolute atomic E-state index is 0.0252. The highest BCUT2D eigenvalue weighted by atomic mass is 16.5. The third-order valence-electron chi connectivity index (χ3n) is 5.25. The number of aryl methyl sites for hydroxylation is 2. The number of carbonyl (C=O) groups excluding carboxylic acids is 1. The topological polar surface area (TPSA) is 56.1 Å². The van der Waals surface area contributed by atoms with Crippen molar-refractivity contribution in [3.63, 3.8) is 0 Å². The van der Waals surface area contributed by atoms with Gasteiger partial charge in [0, 0.05) is 6.54 Å². The zero-order valence-corrected chi connectivity index (χ0v) is 17.7. The van der Waals surface area contributed by atoms with Crippen LogP contribution in [0, 0.1) is 0 Å². The molecule has 0 spiro atoms. The number of hydrogen-bond donors (Lipinski definition) is 1. The minimum Gasteiger partial charge on any atom is -0.484 e. The Morgan fingerprint density at radius 1 is 0.968 bits per heavy atom. The highest BCUT2D eigenvalue weighted by Gasteiger charge is 2.18. The number of imidazole rings is 1. The van der Waals surface area contributed by atoms with E-state index in [1.165, 1.54) is 5.56 Å². The molecule has 0 bridgehead atoms. The Bertz CT molecular complexity index is 1120. The number of hydrogen-bond acceptors (Lipinski definition) is 3. The van der Waals surface area contributed by atoms with Crippen molar-refractivity contribution >= 4 is 16.9 Å². The van der Waals surface area contributed by atoms with E-state index in [2.05, 4.69) is 40.2 Å². The fourth-order valence-electron chi connectivity index (χ4n) is 3.76. The molecule has 0 radical (unpaired) electrons.